The first kappa shape index (κ1) is 20.8. The van der Waals surface area contributed by atoms with Gasteiger partial charge in [0.1, 0.15) is 16.6 Å². The normalized spacial score (nSPS) is 14.3. The van der Waals surface area contributed by atoms with Gasteiger partial charge in [0.25, 0.3) is 5.91 Å². The summed E-state index contributed by atoms with van der Waals surface area (Å²) < 4.78 is 19.4. The number of methoxy groups -OCH3 is 1. The first-order valence-electron chi connectivity index (χ1n) is 9.74. The van der Waals surface area contributed by atoms with Crippen LogP contribution in [0.15, 0.2) is 36.4 Å². The lowest BCUT2D eigenvalue weighted by molar-refractivity contribution is -0.116. The van der Waals surface area contributed by atoms with Crippen molar-refractivity contribution in [3.63, 3.8) is 0 Å². The molecule has 0 radical (unpaired) electrons. The number of benzene rings is 2. The maximum Gasteiger partial charge on any atom is 0.253 e. The summed E-state index contributed by atoms with van der Waals surface area (Å²) in [6.45, 7) is 1.42. The standard InChI is InChI=1S/C22H19FN4O3S/c1-30-18-6-4-13(22(29)27-8-2-3-9-27)10-16(18)25-20(28)15(12-24)21-26-17-11-14(23)5-7-19(17)31-21/h4-7,10-11,15H,2-3,8-9H2,1H3,(H,25,28). The lowest BCUT2D eigenvalue weighted by Gasteiger charge is -2.17. The predicted octanol–water partition coefficient (Wildman–Crippen LogP) is 3.93. The molecule has 2 heterocycles. The number of carbonyl (C=O) groups is 2. The van der Waals surface area contributed by atoms with Gasteiger partial charge in [0.15, 0.2) is 5.92 Å². The Morgan fingerprint density at radius 3 is 2.74 bits per heavy atom. The van der Waals surface area contributed by atoms with E-state index in [1.807, 2.05) is 6.07 Å². The van der Waals surface area contributed by atoms with Crippen molar-refractivity contribution in [3.8, 4) is 11.8 Å². The highest BCUT2D eigenvalue weighted by molar-refractivity contribution is 7.18. The summed E-state index contributed by atoms with van der Waals surface area (Å²) in [5, 5.41) is 12.6. The van der Waals surface area contributed by atoms with Crippen molar-refractivity contribution in [3.05, 3.63) is 52.8 Å². The lowest BCUT2D eigenvalue weighted by atomic mass is 10.1. The van der Waals surface area contributed by atoms with E-state index in [9.17, 15) is 19.2 Å². The second-order valence-corrected chi connectivity index (χ2v) is 8.19. The predicted molar refractivity (Wildman–Crippen MR) is 115 cm³/mol. The molecule has 1 fully saturated rings. The average molecular weight is 438 g/mol. The highest BCUT2D eigenvalue weighted by Gasteiger charge is 2.26. The van der Waals surface area contributed by atoms with Crippen LogP contribution in [-0.4, -0.2) is 41.9 Å². The molecule has 1 atom stereocenters. The number of anilines is 1. The van der Waals surface area contributed by atoms with Gasteiger partial charge in [-0.25, -0.2) is 9.37 Å². The molecular weight excluding hydrogens is 419 g/mol. The fourth-order valence-electron chi connectivity index (χ4n) is 3.51. The topological polar surface area (TPSA) is 95.3 Å². The van der Waals surface area contributed by atoms with Crippen LogP contribution in [0.4, 0.5) is 10.1 Å². The maximum absolute atomic E-state index is 13.4. The molecule has 3 aromatic rings. The average Bonchev–Trinajstić information content (AvgIpc) is 3.43. The van der Waals surface area contributed by atoms with E-state index in [0.717, 1.165) is 24.2 Å². The second-order valence-electron chi connectivity index (χ2n) is 7.13. The molecule has 0 spiro atoms. The molecule has 1 aromatic heterocycles. The monoisotopic (exact) mass is 438 g/mol. The molecular formula is C22H19FN4O3S. The van der Waals surface area contributed by atoms with Gasteiger partial charge in [0.05, 0.1) is 29.1 Å². The number of likely N-dealkylation sites (tertiary alicyclic amines) is 1. The van der Waals surface area contributed by atoms with E-state index in [-0.39, 0.29) is 10.9 Å². The molecule has 1 unspecified atom stereocenters. The molecule has 0 saturated carbocycles. The van der Waals surface area contributed by atoms with E-state index in [2.05, 4.69) is 10.3 Å². The minimum atomic E-state index is -1.19. The highest BCUT2D eigenvalue weighted by Crippen LogP contribution is 2.31. The lowest BCUT2D eigenvalue weighted by Crippen LogP contribution is -2.27. The zero-order chi connectivity index (χ0) is 22.0. The van der Waals surface area contributed by atoms with Crippen molar-refractivity contribution in [1.29, 1.82) is 5.26 Å². The van der Waals surface area contributed by atoms with Crippen molar-refractivity contribution in [2.45, 2.75) is 18.8 Å². The fraction of sp³-hybridized carbons (Fsp3) is 0.273. The highest BCUT2D eigenvalue weighted by atomic mass is 32.1. The molecule has 1 saturated heterocycles. The largest absolute Gasteiger partial charge is 0.495 e. The van der Waals surface area contributed by atoms with Crippen LogP contribution in [0.2, 0.25) is 0 Å². The van der Waals surface area contributed by atoms with Gasteiger partial charge in [-0.05, 0) is 43.2 Å². The summed E-state index contributed by atoms with van der Waals surface area (Å²) in [5.41, 5.74) is 1.12. The molecule has 1 aliphatic heterocycles. The molecule has 2 amide bonds. The number of hydrogen-bond donors (Lipinski definition) is 1. The van der Waals surface area contributed by atoms with E-state index < -0.39 is 17.6 Å². The summed E-state index contributed by atoms with van der Waals surface area (Å²) in [4.78, 5) is 31.6. The number of rotatable bonds is 5. The zero-order valence-electron chi connectivity index (χ0n) is 16.7. The Labute approximate surface area is 182 Å². The SMILES string of the molecule is COc1ccc(C(=O)N2CCCC2)cc1NC(=O)C(C#N)c1nc2cc(F)ccc2s1. The Bertz CT molecular complexity index is 1200. The van der Waals surface area contributed by atoms with Gasteiger partial charge in [-0.3, -0.25) is 9.59 Å². The van der Waals surface area contributed by atoms with Crippen LogP contribution in [0.25, 0.3) is 10.2 Å². The first-order valence-corrected chi connectivity index (χ1v) is 10.6. The summed E-state index contributed by atoms with van der Waals surface area (Å²) >= 11 is 1.16. The number of aromatic nitrogens is 1. The summed E-state index contributed by atoms with van der Waals surface area (Å²) in [6, 6.07) is 10.9. The van der Waals surface area contributed by atoms with Crippen molar-refractivity contribution in [1.82, 2.24) is 9.88 Å². The molecule has 0 aliphatic carbocycles. The Hall–Kier alpha value is -3.51. The van der Waals surface area contributed by atoms with Crippen molar-refractivity contribution >= 4 is 39.1 Å². The third-order valence-corrected chi connectivity index (χ3v) is 6.20. The number of amides is 2. The van der Waals surface area contributed by atoms with Gasteiger partial charge < -0.3 is 15.0 Å². The Kier molecular flexibility index (Phi) is 5.82. The Morgan fingerprint density at radius 2 is 2.03 bits per heavy atom. The number of hydrogen-bond acceptors (Lipinski definition) is 6. The number of halogens is 1. The van der Waals surface area contributed by atoms with Crippen LogP contribution in [0, 0.1) is 17.1 Å². The molecule has 31 heavy (non-hydrogen) atoms. The molecule has 158 valence electrons. The maximum atomic E-state index is 13.4. The van der Waals surface area contributed by atoms with Crippen molar-refractivity contribution in [2.24, 2.45) is 0 Å². The molecule has 4 rings (SSSR count). The third kappa shape index (κ3) is 4.20. The zero-order valence-corrected chi connectivity index (χ0v) is 17.5. The number of carbonyl (C=O) groups excluding carboxylic acids is 2. The molecule has 2 aromatic carbocycles. The van der Waals surface area contributed by atoms with E-state index in [0.29, 0.717) is 40.3 Å². The van der Waals surface area contributed by atoms with Gasteiger partial charge in [0, 0.05) is 24.7 Å². The van der Waals surface area contributed by atoms with Crippen LogP contribution < -0.4 is 10.1 Å². The van der Waals surface area contributed by atoms with Gasteiger partial charge in [-0.1, -0.05) is 0 Å². The van der Waals surface area contributed by atoms with Gasteiger partial charge >= 0.3 is 0 Å². The molecule has 9 heteroatoms. The van der Waals surface area contributed by atoms with Crippen LogP contribution in [-0.2, 0) is 4.79 Å². The van der Waals surface area contributed by atoms with Gasteiger partial charge in [0.2, 0.25) is 5.91 Å². The van der Waals surface area contributed by atoms with Crippen molar-refractivity contribution < 1.29 is 18.7 Å². The molecule has 7 nitrogen and oxygen atoms in total. The number of thiazole rings is 1. The van der Waals surface area contributed by atoms with E-state index >= 15 is 0 Å². The van der Waals surface area contributed by atoms with Crippen molar-refractivity contribution in [2.75, 3.05) is 25.5 Å². The Morgan fingerprint density at radius 1 is 1.26 bits per heavy atom. The number of fused-ring (bicyclic) bond motifs is 1. The summed E-state index contributed by atoms with van der Waals surface area (Å²) in [5.74, 6) is -1.98. The summed E-state index contributed by atoms with van der Waals surface area (Å²) in [6.07, 6.45) is 1.95. The number of nitriles is 1. The van der Waals surface area contributed by atoms with E-state index in [4.69, 9.17) is 4.74 Å². The number of nitrogens with zero attached hydrogens (tertiary/aromatic N) is 3. The molecule has 1 aliphatic rings. The minimum Gasteiger partial charge on any atom is -0.495 e. The smallest absolute Gasteiger partial charge is 0.253 e. The van der Waals surface area contributed by atoms with Gasteiger partial charge in [-0.15, -0.1) is 11.3 Å². The van der Waals surface area contributed by atoms with E-state index in [1.165, 1.54) is 19.2 Å². The summed E-state index contributed by atoms with van der Waals surface area (Å²) in [7, 11) is 1.46. The molecule has 0 bridgehead atoms. The Balaban J connectivity index is 1.60. The quantitative estimate of drug-likeness (QED) is 0.651. The number of nitrogens with one attached hydrogen (secondary N) is 1. The van der Waals surface area contributed by atoms with Crippen LogP contribution >= 0.6 is 11.3 Å². The third-order valence-electron chi connectivity index (χ3n) is 5.10. The van der Waals surface area contributed by atoms with Crippen LogP contribution in [0.1, 0.15) is 34.1 Å². The van der Waals surface area contributed by atoms with E-state index in [1.54, 1.807) is 29.2 Å². The van der Waals surface area contributed by atoms with Crippen LogP contribution in [0.5, 0.6) is 5.75 Å². The van der Waals surface area contributed by atoms with Crippen LogP contribution in [0.3, 0.4) is 0 Å². The second kappa shape index (κ2) is 8.70. The minimum absolute atomic E-state index is 0.110. The fourth-order valence-corrected chi connectivity index (χ4v) is 4.51. The number of ether oxygens (including phenoxy) is 1. The van der Waals surface area contributed by atoms with Gasteiger partial charge in [-0.2, -0.15) is 5.26 Å². The molecule has 1 N–H and O–H groups in total. The first-order chi connectivity index (χ1) is 15.0.